The summed E-state index contributed by atoms with van der Waals surface area (Å²) in [5.41, 5.74) is 0. The van der Waals surface area contributed by atoms with Crippen LogP contribution in [0.5, 0.6) is 0 Å². The van der Waals surface area contributed by atoms with Crippen molar-refractivity contribution in [2.75, 3.05) is 13.1 Å². The van der Waals surface area contributed by atoms with Crippen LogP contribution >= 0.6 is 11.9 Å². The molecule has 0 atom stereocenters. The largest absolute Gasteiger partial charge is 0.243 e. The molecule has 0 amide bonds. The van der Waals surface area contributed by atoms with Crippen LogP contribution in [0.25, 0.3) is 0 Å². The third-order valence-corrected chi connectivity index (χ3v) is 4.32. The van der Waals surface area contributed by atoms with Gasteiger partial charge in [-0.25, -0.2) is 4.31 Å². The van der Waals surface area contributed by atoms with Gasteiger partial charge >= 0.3 is 0 Å². The Morgan fingerprint density at radius 3 is 2.00 bits per heavy atom. The molecular weight excluding hydrogens is 226 g/mol. The standard InChI is InChI=1S/C15H29NS/c1-2-3-4-5-6-7-8-9-10-11-13-16-14-12-15-17-16/h12,15H,2-11,13-14H2,1H3. The van der Waals surface area contributed by atoms with E-state index in [9.17, 15) is 0 Å². The average molecular weight is 255 g/mol. The van der Waals surface area contributed by atoms with Crippen molar-refractivity contribution in [2.45, 2.75) is 71.1 Å². The zero-order valence-corrected chi connectivity index (χ0v) is 12.3. The van der Waals surface area contributed by atoms with Crippen LogP contribution in [0.1, 0.15) is 71.1 Å². The van der Waals surface area contributed by atoms with E-state index in [0.29, 0.717) is 0 Å². The van der Waals surface area contributed by atoms with E-state index in [2.05, 4.69) is 22.7 Å². The Kier molecular flexibility index (Phi) is 9.92. The van der Waals surface area contributed by atoms with Crippen LogP contribution in [-0.4, -0.2) is 17.4 Å². The number of hydrogen-bond acceptors (Lipinski definition) is 2. The molecule has 0 aromatic carbocycles. The average Bonchev–Trinajstić information content (AvgIpc) is 2.85. The minimum Gasteiger partial charge on any atom is -0.243 e. The maximum absolute atomic E-state index is 2.45. The van der Waals surface area contributed by atoms with E-state index in [-0.39, 0.29) is 0 Å². The van der Waals surface area contributed by atoms with E-state index >= 15 is 0 Å². The van der Waals surface area contributed by atoms with Gasteiger partial charge in [-0.3, -0.25) is 0 Å². The minimum absolute atomic E-state index is 1.15. The summed E-state index contributed by atoms with van der Waals surface area (Å²) >= 11 is 1.87. The highest BCUT2D eigenvalue weighted by Gasteiger charge is 2.05. The van der Waals surface area contributed by atoms with Gasteiger partial charge in [0, 0.05) is 13.1 Å². The summed E-state index contributed by atoms with van der Waals surface area (Å²) in [6.45, 7) is 4.71. The number of unbranched alkanes of at least 4 members (excludes halogenated alkanes) is 9. The Morgan fingerprint density at radius 1 is 0.882 bits per heavy atom. The van der Waals surface area contributed by atoms with Crippen molar-refractivity contribution in [1.82, 2.24) is 4.31 Å². The topological polar surface area (TPSA) is 3.24 Å². The Labute approximate surface area is 112 Å². The third-order valence-electron chi connectivity index (χ3n) is 3.38. The molecule has 0 saturated heterocycles. The molecule has 0 bridgehead atoms. The molecule has 1 heterocycles. The van der Waals surface area contributed by atoms with Gasteiger partial charge in [0.2, 0.25) is 0 Å². The van der Waals surface area contributed by atoms with Gasteiger partial charge in [-0.05, 0) is 11.8 Å². The summed E-state index contributed by atoms with van der Waals surface area (Å²) in [6.07, 6.45) is 16.6. The van der Waals surface area contributed by atoms with Crippen molar-refractivity contribution in [3.05, 3.63) is 11.5 Å². The first kappa shape index (κ1) is 15.1. The van der Waals surface area contributed by atoms with Crippen molar-refractivity contribution in [1.29, 1.82) is 0 Å². The zero-order valence-electron chi connectivity index (χ0n) is 11.5. The van der Waals surface area contributed by atoms with Crippen LogP contribution in [0, 0.1) is 0 Å². The fraction of sp³-hybridized carbons (Fsp3) is 0.867. The number of hydrogen-bond donors (Lipinski definition) is 0. The van der Waals surface area contributed by atoms with Crippen molar-refractivity contribution >= 4 is 11.9 Å². The summed E-state index contributed by atoms with van der Waals surface area (Å²) in [6, 6.07) is 0. The normalized spacial score (nSPS) is 15.8. The molecule has 0 aliphatic carbocycles. The van der Waals surface area contributed by atoms with Crippen molar-refractivity contribution in [3.8, 4) is 0 Å². The molecule has 0 unspecified atom stereocenters. The van der Waals surface area contributed by atoms with Gasteiger partial charge in [0.15, 0.2) is 0 Å². The van der Waals surface area contributed by atoms with E-state index in [4.69, 9.17) is 0 Å². The van der Waals surface area contributed by atoms with Crippen molar-refractivity contribution < 1.29 is 0 Å². The van der Waals surface area contributed by atoms with Crippen molar-refractivity contribution in [3.63, 3.8) is 0 Å². The number of rotatable bonds is 11. The maximum Gasteiger partial charge on any atom is 0.0282 e. The number of nitrogens with zero attached hydrogens (tertiary/aromatic N) is 1. The van der Waals surface area contributed by atoms with Crippen molar-refractivity contribution in [2.24, 2.45) is 0 Å². The van der Waals surface area contributed by atoms with Gasteiger partial charge in [-0.1, -0.05) is 82.7 Å². The van der Waals surface area contributed by atoms with Crippen LogP contribution in [0.4, 0.5) is 0 Å². The third kappa shape index (κ3) is 8.73. The van der Waals surface area contributed by atoms with E-state index in [1.807, 2.05) is 11.9 Å². The Balaban J connectivity index is 1.69. The molecule has 0 aromatic heterocycles. The highest BCUT2D eigenvalue weighted by molar-refractivity contribution is 8.00. The lowest BCUT2D eigenvalue weighted by molar-refractivity contribution is 0.481. The van der Waals surface area contributed by atoms with Gasteiger partial charge in [-0.2, -0.15) is 0 Å². The first-order valence-electron chi connectivity index (χ1n) is 7.50. The molecule has 1 rings (SSSR count). The molecule has 0 radical (unpaired) electrons. The first-order valence-corrected chi connectivity index (χ1v) is 8.34. The summed E-state index contributed by atoms with van der Waals surface area (Å²) in [5.74, 6) is 0. The van der Waals surface area contributed by atoms with Gasteiger partial charge in [0.1, 0.15) is 0 Å². The second-order valence-corrected chi connectivity index (χ2v) is 6.05. The van der Waals surface area contributed by atoms with Crippen LogP contribution in [-0.2, 0) is 0 Å². The van der Waals surface area contributed by atoms with Crippen LogP contribution in [0.15, 0.2) is 11.5 Å². The van der Waals surface area contributed by atoms with E-state index in [0.717, 1.165) is 6.54 Å². The molecule has 0 spiro atoms. The summed E-state index contributed by atoms with van der Waals surface area (Å²) in [4.78, 5) is 0. The molecule has 2 heteroatoms. The first-order chi connectivity index (χ1) is 8.43. The van der Waals surface area contributed by atoms with Gasteiger partial charge in [0.05, 0.1) is 0 Å². The van der Waals surface area contributed by atoms with Crippen LogP contribution in [0.3, 0.4) is 0 Å². The lowest BCUT2D eigenvalue weighted by Gasteiger charge is -2.12. The lowest BCUT2D eigenvalue weighted by atomic mass is 10.1. The maximum atomic E-state index is 2.45. The van der Waals surface area contributed by atoms with Gasteiger partial charge in [0.25, 0.3) is 0 Å². The molecule has 0 N–H and O–H groups in total. The molecule has 100 valence electrons. The Bertz CT molecular complexity index is 183. The summed E-state index contributed by atoms with van der Waals surface area (Å²) < 4.78 is 2.45. The SMILES string of the molecule is CCCCCCCCCCCCN1CC=CS1. The quantitative estimate of drug-likeness (QED) is 0.360. The second-order valence-electron chi connectivity index (χ2n) is 5.05. The van der Waals surface area contributed by atoms with Gasteiger partial charge in [-0.15, -0.1) is 0 Å². The molecule has 0 fully saturated rings. The highest BCUT2D eigenvalue weighted by atomic mass is 32.2. The lowest BCUT2D eigenvalue weighted by Crippen LogP contribution is -2.12. The summed E-state index contributed by atoms with van der Waals surface area (Å²) in [5, 5.41) is 2.20. The van der Waals surface area contributed by atoms with Crippen LogP contribution in [0.2, 0.25) is 0 Å². The molecule has 1 aliphatic rings. The van der Waals surface area contributed by atoms with Crippen LogP contribution < -0.4 is 0 Å². The second kappa shape index (κ2) is 11.2. The fourth-order valence-electron chi connectivity index (χ4n) is 2.25. The Hall–Kier alpha value is 0.0500. The Morgan fingerprint density at radius 2 is 1.47 bits per heavy atom. The molecule has 17 heavy (non-hydrogen) atoms. The smallest absolute Gasteiger partial charge is 0.0282 e. The molecule has 0 saturated carbocycles. The predicted molar refractivity (Wildman–Crippen MR) is 80.1 cm³/mol. The minimum atomic E-state index is 1.15. The van der Waals surface area contributed by atoms with E-state index < -0.39 is 0 Å². The predicted octanol–water partition coefficient (Wildman–Crippen LogP) is 5.38. The fourth-order valence-corrected chi connectivity index (χ4v) is 3.00. The van der Waals surface area contributed by atoms with Gasteiger partial charge < -0.3 is 0 Å². The molecule has 1 nitrogen and oxygen atoms in total. The molecular formula is C15H29NS. The molecule has 1 aliphatic heterocycles. The summed E-state index contributed by atoms with van der Waals surface area (Å²) in [7, 11) is 0. The molecule has 0 aromatic rings. The van der Waals surface area contributed by atoms with E-state index in [1.54, 1.807) is 0 Å². The van der Waals surface area contributed by atoms with E-state index in [1.165, 1.54) is 70.8 Å². The zero-order chi connectivity index (χ0) is 12.2. The monoisotopic (exact) mass is 255 g/mol. The highest BCUT2D eigenvalue weighted by Crippen LogP contribution is 2.19.